The van der Waals surface area contributed by atoms with Gasteiger partial charge in [0.25, 0.3) is 6.10 Å². The number of amides is 1. The number of halogens is 7. The molecule has 0 N–H and O–H groups in total. The lowest BCUT2D eigenvalue weighted by molar-refractivity contribution is -0.308. The van der Waals surface area contributed by atoms with Gasteiger partial charge in [0.2, 0.25) is 0 Å². The van der Waals surface area contributed by atoms with Crippen molar-refractivity contribution < 1.29 is 35.9 Å². The highest BCUT2D eigenvalue weighted by Gasteiger charge is 2.60. The van der Waals surface area contributed by atoms with E-state index in [9.17, 15) is 31.1 Å². The first kappa shape index (κ1) is 30.1. The van der Waals surface area contributed by atoms with Gasteiger partial charge in [-0.1, -0.05) is 37.6 Å². The van der Waals surface area contributed by atoms with Gasteiger partial charge in [0.05, 0.1) is 10.7 Å². The molecule has 1 amide bonds. The summed E-state index contributed by atoms with van der Waals surface area (Å²) in [7, 11) is 0. The van der Waals surface area contributed by atoms with Crippen LogP contribution in [-0.4, -0.2) is 72.6 Å². The van der Waals surface area contributed by atoms with E-state index in [1.54, 1.807) is 0 Å². The van der Waals surface area contributed by atoms with Crippen molar-refractivity contribution >= 4 is 23.4 Å². The quantitative estimate of drug-likeness (QED) is 0.327. The molecule has 3 fully saturated rings. The first-order valence-corrected chi connectivity index (χ1v) is 14.0. The van der Waals surface area contributed by atoms with Gasteiger partial charge in [-0.25, -0.2) is 4.79 Å². The molecule has 0 aromatic heterocycles. The van der Waals surface area contributed by atoms with Crippen LogP contribution in [0.2, 0.25) is 5.02 Å². The molecule has 3 saturated heterocycles. The molecule has 39 heavy (non-hydrogen) atoms. The van der Waals surface area contributed by atoms with Gasteiger partial charge >= 0.3 is 18.4 Å². The summed E-state index contributed by atoms with van der Waals surface area (Å²) in [6.07, 6.45) is -11.2. The average molecular weight is 584 g/mol. The van der Waals surface area contributed by atoms with Crippen molar-refractivity contribution in [2.45, 2.75) is 89.3 Å². The van der Waals surface area contributed by atoms with Crippen molar-refractivity contribution in [3.63, 3.8) is 0 Å². The molecule has 5 nitrogen and oxygen atoms in total. The average Bonchev–Trinajstić information content (AvgIpc) is 3.47. The van der Waals surface area contributed by atoms with Crippen molar-refractivity contribution in [3.05, 3.63) is 28.8 Å². The molecule has 1 aromatic rings. The van der Waals surface area contributed by atoms with E-state index >= 15 is 0 Å². The molecule has 0 radical (unpaired) electrons. The molecule has 1 aromatic carbocycles. The lowest BCUT2D eigenvalue weighted by atomic mass is 9.82. The summed E-state index contributed by atoms with van der Waals surface area (Å²) in [5.41, 5.74) is 2.01. The van der Waals surface area contributed by atoms with E-state index in [1.165, 1.54) is 0 Å². The lowest BCUT2D eigenvalue weighted by Crippen LogP contribution is -2.54. The third-order valence-electron chi connectivity index (χ3n) is 9.21. The Morgan fingerprint density at radius 3 is 2.18 bits per heavy atom. The van der Waals surface area contributed by atoms with Gasteiger partial charge in [0.1, 0.15) is 0 Å². The molecule has 220 valence electrons. The molecule has 0 aliphatic carbocycles. The molecule has 0 bridgehead atoms. The zero-order valence-electron chi connectivity index (χ0n) is 22.3. The maximum absolute atomic E-state index is 12.8. The summed E-state index contributed by atoms with van der Waals surface area (Å²) in [6, 6.07) is 6.06. The fourth-order valence-electron chi connectivity index (χ4n) is 6.51. The van der Waals surface area contributed by atoms with Crippen LogP contribution < -0.4 is 4.90 Å². The van der Waals surface area contributed by atoms with Crippen LogP contribution in [0.1, 0.15) is 64.4 Å². The minimum atomic E-state index is -5.73. The third kappa shape index (κ3) is 6.24. The zero-order chi connectivity index (χ0) is 28.6. The molecule has 3 aliphatic rings. The largest absolute Gasteiger partial charge is 0.434 e. The maximum Gasteiger partial charge on any atom is 0.434 e. The van der Waals surface area contributed by atoms with Crippen molar-refractivity contribution in [3.8, 4) is 0 Å². The second-order valence-corrected chi connectivity index (χ2v) is 11.6. The number of piperidine rings is 1. The van der Waals surface area contributed by atoms with Gasteiger partial charge in [-0.3, -0.25) is 4.90 Å². The van der Waals surface area contributed by atoms with E-state index in [0.717, 1.165) is 67.9 Å². The Kier molecular flexibility index (Phi) is 8.63. The van der Waals surface area contributed by atoms with Crippen molar-refractivity contribution in [2.75, 3.05) is 37.6 Å². The number of nitrogens with zero attached hydrogens (tertiary/aromatic N) is 3. The van der Waals surface area contributed by atoms with Gasteiger partial charge < -0.3 is 14.5 Å². The molecule has 4 rings (SSSR count). The number of anilines is 1. The van der Waals surface area contributed by atoms with Crippen LogP contribution >= 0.6 is 11.6 Å². The summed E-state index contributed by atoms with van der Waals surface area (Å²) in [5, 5.41) is 0.717. The summed E-state index contributed by atoms with van der Waals surface area (Å²) in [4.78, 5) is 17.9. The first-order valence-electron chi connectivity index (χ1n) is 13.6. The number of ether oxygens (including phenoxy) is 1. The molecular formula is C27H36ClF6N3O2. The predicted molar refractivity (Wildman–Crippen MR) is 137 cm³/mol. The summed E-state index contributed by atoms with van der Waals surface area (Å²) >= 11 is 6.94. The van der Waals surface area contributed by atoms with E-state index in [4.69, 9.17) is 11.6 Å². The van der Waals surface area contributed by atoms with Crippen molar-refractivity contribution in [1.29, 1.82) is 0 Å². The molecule has 12 heteroatoms. The highest BCUT2D eigenvalue weighted by atomic mass is 35.5. The fourth-order valence-corrected chi connectivity index (χ4v) is 6.82. The number of benzene rings is 1. The van der Waals surface area contributed by atoms with Gasteiger partial charge in [0.15, 0.2) is 0 Å². The number of likely N-dealkylation sites (tertiary alicyclic amines) is 2. The van der Waals surface area contributed by atoms with Crippen molar-refractivity contribution in [1.82, 2.24) is 9.80 Å². The second-order valence-electron chi connectivity index (χ2n) is 11.2. The summed E-state index contributed by atoms with van der Waals surface area (Å²) in [5.74, 6) is 0. The van der Waals surface area contributed by atoms with Crippen LogP contribution in [0, 0.1) is 5.41 Å². The minimum absolute atomic E-state index is 0.0232. The van der Waals surface area contributed by atoms with Gasteiger partial charge in [0, 0.05) is 38.3 Å². The van der Waals surface area contributed by atoms with E-state index < -0.39 is 24.5 Å². The topological polar surface area (TPSA) is 36.0 Å². The number of rotatable bonds is 6. The van der Waals surface area contributed by atoms with E-state index in [0.29, 0.717) is 29.8 Å². The summed E-state index contributed by atoms with van der Waals surface area (Å²) in [6.45, 7) is 7.81. The normalized spacial score (nSPS) is 21.8. The first-order chi connectivity index (χ1) is 18.2. The smallest absolute Gasteiger partial charge is 0.426 e. The molecular weight excluding hydrogens is 548 g/mol. The lowest BCUT2D eigenvalue weighted by Gasteiger charge is -2.45. The predicted octanol–water partition coefficient (Wildman–Crippen LogP) is 7.42. The Morgan fingerprint density at radius 1 is 0.974 bits per heavy atom. The number of carbonyl (C=O) groups is 1. The van der Waals surface area contributed by atoms with E-state index in [-0.39, 0.29) is 18.6 Å². The van der Waals surface area contributed by atoms with Crippen LogP contribution in [-0.2, 0) is 11.3 Å². The van der Waals surface area contributed by atoms with Crippen LogP contribution in [0.5, 0.6) is 0 Å². The Balaban J connectivity index is 1.41. The number of alkyl halides is 6. The minimum Gasteiger partial charge on any atom is -0.426 e. The number of carbonyl (C=O) groups excluding carboxylic acids is 1. The van der Waals surface area contributed by atoms with Crippen molar-refractivity contribution in [2.24, 2.45) is 5.41 Å². The van der Waals surface area contributed by atoms with Crippen LogP contribution in [0.25, 0.3) is 0 Å². The second kappa shape index (κ2) is 11.2. The Bertz CT molecular complexity index is 1010. The highest BCUT2D eigenvalue weighted by molar-refractivity contribution is 6.34. The van der Waals surface area contributed by atoms with E-state index in [2.05, 4.69) is 28.4 Å². The third-order valence-corrected chi connectivity index (χ3v) is 9.64. The Morgan fingerprint density at radius 2 is 1.62 bits per heavy atom. The molecule has 3 heterocycles. The Labute approximate surface area is 230 Å². The van der Waals surface area contributed by atoms with Crippen LogP contribution in [0.15, 0.2) is 18.2 Å². The zero-order valence-corrected chi connectivity index (χ0v) is 23.1. The monoisotopic (exact) mass is 583 g/mol. The fraction of sp³-hybridized carbons (Fsp3) is 0.741. The Hall–Kier alpha value is -1.88. The highest BCUT2D eigenvalue weighted by Crippen LogP contribution is 2.44. The maximum atomic E-state index is 12.8. The molecule has 3 aliphatic heterocycles. The number of hydrogen-bond acceptors (Lipinski definition) is 4. The van der Waals surface area contributed by atoms with Crippen LogP contribution in [0.3, 0.4) is 0 Å². The molecule has 0 atom stereocenters. The van der Waals surface area contributed by atoms with Gasteiger partial charge in [-0.15, -0.1) is 0 Å². The molecule has 1 spiro atoms. The number of hydrogen-bond donors (Lipinski definition) is 0. The van der Waals surface area contributed by atoms with Crippen LogP contribution in [0.4, 0.5) is 36.8 Å². The molecule has 0 unspecified atom stereocenters. The standard InChI is InChI=1S/C27H36ClF6N3O2/c1-3-24(4-2)10-14-36(18-24)20-8-5-7-19(21(20)28)17-37-13-6-9-25(37)11-15-35(16-12-25)23(38)39-22(26(29,30)31)27(32,33)34/h5,7-8,22H,3-4,6,9-18H2,1-2H3. The van der Waals surface area contributed by atoms with Gasteiger partial charge in [-0.2, -0.15) is 26.3 Å². The van der Waals surface area contributed by atoms with Gasteiger partial charge in [-0.05, 0) is 68.5 Å². The summed E-state index contributed by atoms with van der Waals surface area (Å²) < 4.78 is 80.9. The molecule has 0 saturated carbocycles. The van der Waals surface area contributed by atoms with E-state index in [1.807, 2.05) is 18.2 Å². The SMILES string of the molecule is CCC1(CC)CCN(c2cccc(CN3CCCC34CCN(C(=O)OC(C(F)(F)F)C(F)(F)F)CC4)c2Cl)C1.